The molecular formula is C22H36O2. The predicted octanol–water partition coefficient (Wildman–Crippen LogP) is 4.99. The van der Waals surface area contributed by atoms with Crippen LogP contribution in [0.25, 0.3) is 0 Å². The molecule has 24 heavy (non-hydrogen) atoms. The lowest BCUT2D eigenvalue weighted by Crippen LogP contribution is -2.58. The van der Waals surface area contributed by atoms with Gasteiger partial charge in [-0.1, -0.05) is 20.8 Å². The van der Waals surface area contributed by atoms with Gasteiger partial charge in [-0.3, -0.25) is 4.79 Å². The minimum atomic E-state index is -0.0814. The van der Waals surface area contributed by atoms with Gasteiger partial charge in [0.2, 0.25) is 0 Å². The van der Waals surface area contributed by atoms with Crippen LogP contribution in [0, 0.1) is 39.9 Å². The van der Waals surface area contributed by atoms with Gasteiger partial charge in [0.05, 0.1) is 6.10 Å². The Morgan fingerprint density at radius 1 is 0.917 bits per heavy atom. The molecule has 2 nitrogen and oxygen atoms in total. The van der Waals surface area contributed by atoms with E-state index < -0.39 is 0 Å². The van der Waals surface area contributed by atoms with Crippen LogP contribution in [0.4, 0.5) is 0 Å². The van der Waals surface area contributed by atoms with E-state index in [1.165, 1.54) is 38.5 Å². The molecule has 0 bridgehead atoms. The van der Waals surface area contributed by atoms with Crippen molar-refractivity contribution in [1.82, 2.24) is 0 Å². The number of carbonyl (C=O) groups is 1. The van der Waals surface area contributed by atoms with Gasteiger partial charge in [-0.25, -0.2) is 0 Å². The Hall–Kier alpha value is -0.370. The van der Waals surface area contributed by atoms with Gasteiger partial charge in [0.25, 0.3) is 0 Å². The highest BCUT2D eigenvalue weighted by molar-refractivity contribution is 5.79. The molecule has 1 N–H and O–H groups in total. The van der Waals surface area contributed by atoms with E-state index in [1.807, 2.05) is 6.92 Å². The Morgan fingerprint density at radius 2 is 1.67 bits per heavy atom. The summed E-state index contributed by atoms with van der Waals surface area (Å²) in [7, 11) is 0. The maximum atomic E-state index is 12.2. The summed E-state index contributed by atoms with van der Waals surface area (Å²) in [6.07, 6.45) is 10.7. The lowest BCUT2D eigenvalue weighted by molar-refractivity contribution is -0.171. The second-order valence-corrected chi connectivity index (χ2v) is 10.6. The monoisotopic (exact) mass is 332 g/mol. The summed E-state index contributed by atoms with van der Waals surface area (Å²) < 4.78 is 0. The first kappa shape index (κ1) is 17.1. The van der Waals surface area contributed by atoms with E-state index in [1.54, 1.807) is 0 Å². The maximum Gasteiger partial charge on any atom is 0.133 e. The molecule has 8 atom stereocenters. The average molecular weight is 333 g/mol. The first-order chi connectivity index (χ1) is 11.2. The Balaban J connectivity index is 1.65. The van der Waals surface area contributed by atoms with Crippen LogP contribution in [-0.2, 0) is 4.79 Å². The second-order valence-electron chi connectivity index (χ2n) is 10.6. The summed E-state index contributed by atoms with van der Waals surface area (Å²) in [5, 5.41) is 10.3. The number of Topliss-reactive ketones (excluding diaryl/α,β-unsaturated/α-hetero) is 1. The van der Waals surface area contributed by atoms with Crippen LogP contribution >= 0.6 is 0 Å². The maximum absolute atomic E-state index is 12.2. The van der Waals surface area contributed by atoms with Crippen molar-refractivity contribution in [3.8, 4) is 0 Å². The quantitative estimate of drug-likeness (QED) is 0.735. The molecule has 0 spiro atoms. The molecule has 136 valence electrons. The SMILES string of the molecule is CC(=O)[C@H]1CC[C@H]2[C@@H]3CC[C@@]4(C)C[C@H](O)CC[C@]4(C)[C@H]3CC[C@]12C. The Labute approximate surface area is 147 Å². The number of fused-ring (bicyclic) bond motifs is 5. The fourth-order valence-corrected chi connectivity index (χ4v) is 8.28. The zero-order valence-electron chi connectivity index (χ0n) is 16.1. The summed E-state index contributed by atoms with van der Waals surface area (Å²) in [5.41, 5.74) is 0.980. The van der Waals surface area contributed by atoms with Gasteiger partial charge < -0.3 is 5.11 Å². The lowest BCUT2D eigenvalue weighted by atomic mass is 9.40. The van der Waals surface area contributed by atoms with Crippen molar-refractivity contribution in [2.45, 2.75) is 91.6 Å². The molecule has 0 amide bonds. The van der Waals surface area contributed by atoms with Crippen molar-refractivity contribution in [2.75, 3.05) is 0 Å². The smallest absolute Gasteiger partial charge is 0.133 e. The highest BCUT2D eigenvalue weighted by Gasteiger charge is 2.63. The highest BCUT2D eigenvalue weighted by Crippen LogP contribution is 2.70. The van der Waals surface area contributed by atoms with Crippen LogP contribution in [0.1, 0.15) is 85.5 Å². The van der Waals surface area contributed by atoms with Crippen molar-refractivity contribution in [1.29, 1.82) is 0 Å². The topological polar surface area (TPSA) is 37.3 Å². The molecule has 0 aromatic carbocycles. The number of rotatable bonds is 1. The molecule has 0 radical (unpaired) electrons. The number of hydrogen-bond acceptors (Lipinski definition) is 2. The van der Waals surface area contributed by atoms with E-state index in [0.717, 1.165) is 37.0 Å². The van der Waals surface area contributed by atoms with E-state index in [2.05, 4.69) is 20.8 Å². The molecule has 4 rings (SSSR count). The van der Waals surface area contributed by atoms with E-state index in [9.17, 15) is 9.90 Å². The summed E-state index contributed by atoms with van der Waals surface area (Å²) in [4.78, 5) is 12.2. The first-order valence-electron chi connectivity index (χ1n) is 10.4. The number of aliphatic hydroxyl groups is 1. The summed E-state index contributed by atoms with van der Waals surface area (Å²) >= 11 is 0. The molecule has 0 aliphatic heterocycles. The van der Waals surface area contributed by atoms with Gasteiger partial charge in [-0.05, 0) is 98.7 Å². The number of ketones is 1. The van der Waals surface area contributed by atoms with E-state index in [0.29, 0.717) is 22.5 Å². The molecule has 4 fully saturated rings. The standard InChI is InChI=1S/C22H36O2/c1-14(23)17-5-6-18-16-8-10-20(2)13-15(24)7-12-22(20,4)19(16)9-11-21(17,18)3/h15-19,24H,5-13H2,1-4H3/t15-,16+,17-,18+,19+,20+,21-,22-/m1/s1. The van der Waals surface area contributed by atoms with Crippen molar-refractivity contribution in [2.24, 2.45) is 39.9 Å². The third-order valence-electron chi connectivity index (χ3n) is 9.84. The van der Waals surface area contributed by atoms with Gasteiger partial charge in [0, 0.05) is 5.92 Å². The second kappa shape index (κ2) is 5.32. The predicted molar refractivity (Wildman–Crippen MR) is 96.5 cm³/mol. The normalized spacial score (nSPS) is 57.0. The molecule has 0 unspecified atom stereocenters. The number of hydrogen-bond donors (Lipinski definition) is 1. The van der Waals surface area contributed by atoms with Crippen LogP contribution in [0.3, 0.4) is 0 Å². The third kappa shape index (κ3) is 2.07. The Morgan fingerprint density at radius 3 is 2.38 bits per heavy atom. The summed E-state index contributed by atoms with van der Waals surface area (Å²) in [6.45, 7) is 9.28. The zero-order chi connectivity index (χ0) is 17.3. The zero-order valence-corrected chi connectivity index (χ0v) is 16.1. The Bertz CT molecular complexity index is 542. The van der Waals surface area contributed by atoms with E-state index >= 15 is 0 Å². The van der Waals surface area contributed by atoms with Crippen LogP contribution in [-0.4, -0.2) is 17.0 Å². The fourth-order valence-electron chi connectivity index (χ4n) is 8.28. The van der Waals surface area contributed by atoms with Gasteiger partial charge in [0.15, 0.2) is 0 Å². The molecule has 0 saturated heterocycles. The van der Waals surface area contributed by atoms with Gasteiger partial charge in [0.1, 0.15) is 5.78 Å². The molecule has 2 heteroatoms. The number of carbonyl (C=O) groups excluding carboxylic acids is 1. The summed E-state index contributed by atoms with van der Waals surface area (Å²) in [5.74, 6) is 3.15. The molecular weight excluding hydrogens is 296 g/mol. The van der Waals surface area contributed by atoms with Crippen molar-refractivity contribution in [3.05, 3.63) is 0 Å². The minimum Gasteiger partial charge on any atom is -0.393 e. The number of aliphatic hydroxyl groups excluding tert-OH is 1. The average Bonchev–Trinajstić information content (AvgIpc) is 2.86. The molecule has 4 aliphatic rings. The molecule has 4 saturated carbocycles. The van der Waals surface area contributed by atoms with E-state index in [-0.39, 0.29) is 11.5 Å². The van der Waals surface area contributed by atoms with Gasteiger partial charge in [-0.15, -0.1) is 0 Å². The van der Waals surface area contributed by atoms with Gasteiger partial charge in [-0.2, -0.15) is 0 Å². The molecule has 4 aliphatic carbocycles. The third-order valence-corrected chi connectivity index (χ3v) is 9.84. The van der Waals surface area contributed by atoms with Crippen molar-refractivity contribution < 1.29 is 9.90 Å². The van der Waals surface area contributed by atoms with Gasteiger partial charge >= 0.3 is 0 Å². The molecule has 0 heterocycles. The summed E-state index contributed by atoms with van der Waals surface area (Å²) in [6, 6.07) is 0. The van der Waals surface area contributed by atoms with Crippen molar-refractivity contribution in [3.63, 3.8) is 0 Å². The fraction of sp³-hybridized carbons (Fsp3) is 0.955. The largest absolute Gasteiger partial charge is 0.393 e. The molecule has 0 aromatic heterocycles. The lowest BCUT2D eigenvalue weighted by Gasteiger charge is -2.65. The van der Waals surface area contributed by atoms with Crippen LogP contribution in [0.15, 0.2) is 0 Å². The van der Waals surface area contributed by atoms with Crippen molar-refractivity contribution >= 4 is 5.78 Å². The van der Waals surface area contributed by atoms with Crippen LogP contribution in [0.5, 0.6) is 0 Å². The first-order valence-corrected chi connectivity index (χ1v) is 10.4. The van der Waals surface area contributed by atoms with E-state index in [4.69, 9.17) is 0 Å². The Kier molecular flexibility index (Phi) is 3.78. The van der Waals surface area contributed by atoms with Crippen LogP contribution < -0.4 is 0 Å². The van der Waals surface area contributed by atoms with Crippen LogP contribution in [0.2, 0.25) is 0 Å². The highest BCUT2D eigenvalue weighted by atomic mass is 16.3. The molecule has 0 aromatic rings. The minimum absolute atomic E-state index is 0.0814.